The topological polar surface area (TPSA) is 75.9 Å². The van der Waals surface area contributed by atoms with Crippen LogP contribution in [-0.4, -0.2) is 49.9 Å². The third-order valence-corrected chi connectivity index (χ3v) is 5.56. The third kappa shape index (κ3) is 3.87. The predicted molar refractivity (Wildman–Crippen MR) is 117 cm³/mol. The van der Waals surface area contributed by atoms with Gasteiger partial charge in [-0.1, -0.05) is 11.6 Å². The van der Waals surface area contributed by atoms with Gasteiger partial charge in [-0.3, -0.25) is 4.98 Å². The Kier molecular flexibility index (Phi) is 5.18. The highest BCUT2D eigenvalue weighted by Gasteiger charge is 2.26. The fourth-order valence-corrected chi connectivity index (χ4v) is 3.87. The zero-order chi connectivity index (χ0) is 22.2. The number of rotatable bonds is 3. The van der Waals surface area contributed by atoms with Crippen molar-refractivity contribution < 1.29 is 13.6 Å². The summed E-state index contributed by atoms with van der Waals surface area (Å²) in [5.41, 5.74) is 2.23. The van der Waals surface area contributed by atoms with Crippen LogP contribution in [0.25, 0.3) is 28.0 Å². The van der Waals surface area contributed by atoms with Crippen molar-refractivity contribution in [3.63, 3.8) is 0 Å². The number of amides is 2. The summed E-state index contributed by atoms with van der Waals surface area (Å²) in [6.45, 7) is 0.401. The van der Waals surface area contributed by atoms with E-state index >= 15 is 0 Å². The quantitative estimate of drug-likeness (QED) is 0.480. The Balaban J connectivity index is 1.45. The summed E-state index contributed by atoms with van der Waals surface area (Å²) in [7, 11) is 0. The normalized spacial score (nSPS) is 16.0. The highest BCUT2D eigenvalue weighted by atomic mass is 35.5. The first kappa shape index (κ1) is 20.3. The lowest BCUT2D eigenvalue weighted by atomic mass is 10.1. The van der Waals surface area contributed by atoms with E-state index in [-0.39, 0.29) is 12.2 Å². The number of hydrogen-bond acceptors (Lipinski definition) is 4. The van der Waals surface area contributed by atoms with Gasteiger partial charge in [0.2, 0.25) is 0 Å². The minimum absolute atomic E-state index is 0.0543. The summed E-state index contributed by atoms with van der Waals surface area (Å²) in [5.74, 6) is -0.520. The van der Waals surface area contributed by atoms with Crippen LogP contribution in [0.3, 0.4) is 0 Å². The number of benzene rings is 1. The molecular weight excluding hydrogens is 438 g/mol. The molecule has 3 aromatic heterocycles. The average molecular weight is 455 g/mol. The second-order valence-electron chi connectivity index (χ2n) is 7.47. The van der Waals surface area contributed by atoms with Crippen LogP contribution in [0.2, 0.25) is 5.02 Å². The van der Waals surface area contributed by atoms with Crippen molar-refractivity contribution in [3.8, 4) is 16.9 Å². The molecule has 32 heavy (non-hydrogen) atoms. The number of nitrogens with one attached hydrogen (secondary N) is 1. The van der Waals surface area contributed by atoms with Gasteiger partial charge in [0, 0.05) is 41.8 Å². The van der Waals surface area contributed by atoms with Gasteiger partial charge < -0.3 is 10.2 Å². The number of carbonyl (C=O) groups excluding carboxylic acids is 1. The summed E-state index contributed by atoms with van der Waals surface area (Å²) in [6.07, 6.45) is 4.19. The lowest BCUT2D eigenvalue weighted by Crippen LogP contribution is -2.33. The van der Waals surface area contributed by atoms with E-state index in [1.54, 1.807) is 30.7 Å². The molecule has 1 aromatic carbocycles. The summed E-state index contributed by atoms with van der Waals surface area (Å²) in [4.78, 5) is 22.4. The minimum Gasteiger partial charge on any atom is -0.322 e. The van der Waals surface area contributed by atoms with E-state index in [4.69, 9.17) is 11.6 Å². The van der Waals surface area contributed by atoms with Gasteiger partial charge in [0.25, 0.3) is 0 Å². The fourth-order valence-electron chi connectivity index (χ4n) is 3.64. The number of urea groups is 1. The zero-order valence-electron chi connectivity index (χ0n) is 16.7. The monoisotopic (exact) mass is 454 g/mol. The van der Waals surface area contributed by atoms with Crippen molar-refractivity contribution in [2.24, 2.45) is 0 Å². The van der Waals surface area contributed by atoms with Crippen LogP contribution in [0.1, 0.15) is 6.42 Å². The maximum Gasteiger partial charge on any atom is 0.321 e. The second-order valence-corrected chi connectivity index (χ2v) is 7.88. The van der Waals surface area contributed by atoms with Crippen LogP contribution < -0.4 is 5.32 Å². The Hall–Kier alpha value is -3.59. The molecule has 1 aliphatic rings. The van der Waals surface area contributed by atoms with Crippen molar-refractivity contribution in [2.75, 3.05) is 18.4 Å². The first-order valence-electron chi connectivity index (χ1n) is 9.94. The Morgan fingerprint density at radius 3 is 2.88 bits per heavy atom. The van der Waals surface area contributed by atoms with Gasteiger partial charge in [-0.05, 0) is 42.8 Å². The molecule has 2 amide bonds. The lowest BCUT2D eigenvalue weighted by Gasteiger charge is -2.16. The summed E-state index contributed by atoms with van der Waals surface area (Å²) >= 11 is 6.23. The van der Waals surface area contributed by atoms with Gasteiger partial charge >= 0.3 is 6.03 Å². The molecule has 4 aromatic rings. The van der Waals surface area contributed by atoms with E-state index in [9.17, 15) is 13.6 Å². The molecule has 1 saturated heterocycles. The summed E-state index contributed by atoms with van der Waals surface area (Å²) in [5, 5.41) is 8.20. The number of carbonyl (C=O) groups is 1. The van der Waals surface area contributed by atoms with Crippen molar-refractivity contribution in [1.29, 1.82) is 0 Å². The zero-order valence-corrected chi connectivity index (χ0v) is 17.4. The fraction of sp³-hybridized carbons (Fsp3) is 0.182. The summed E-state index contributed by atoms with van der Waals surface area (Å²) < 4.78 is 29.3. The van der Waals surface area contributed by atoms with Crippen LogP contribution >= 0.6 is 11.6 Å². The standard InChI is InChI=1S/C22H17ClF2N6O/c23-17-2-1-6-26-20(17)13-8-14-11-31(29-21(14)27-10-13)19-9-16(3-4-18(19)25)28-22(32)30-7-5-15(24)12-30/h1-4,6,8-11,15H,5,7,12H2,(H,28,32). The molecule has 1 atom stereocenters. The van der Waals surface area contributed by atoms with Gasteiger partial charge in [-0.15, -0.1) is 5.10 Å². The molecule has 0 bridgehead atoms. The number of fused-ring (bicyclic) bond motifs is 1. The first-order chi connectivity index (χ1) is 15.5. The molecule has 0 spiro atoms. The molecule has 1 fully saturated rings. The highest BCUT2D eigenvalue weighted by molar-refractivity contribution is 6.33. The van der Waals surface area contributed by atoms with E-state index in [0.717, 1.165) is 0 Å². The molecule has 10 heteroatoms. The molecule has 4 heterocycles. The van der Waals surface area contributed by atoms with Crippen molar-refractivity contribution in [3.05, 3.63) is 65.8 Å². The van der Waals surface area contributed by atoms with E-state index < -0.39 is 18.0 Å². The first-order valence-corrected chi connectivity index (χ1v) is 10.3. The van der Waals surface area contributed by atoms with Crippen molar-refractivity contribution >= 4 is 34.4 Å². The maximum atomic E-state index is 14.6. The molecular formula is C22H17ClF2N6O. The van der Waals surface area contributed by atoms with Crippen LogP contribution in [0.15, 0.2) is 55.0 Å². The lowest BCUT2D eigenvalue weighted by molar-refractivity contribution is 0.218. The number of hydrogen-bond donors (Lipinski definition) is 1. The second kappa shape index (κ2) is 8.16. The molecule has 7 nitrogen and oxygen atoms in total. The third-order valence-electron chi connectivity index (χ3n) is 5.25. The van der Waals surface area contributed by atoms with E-state index in [2.05, 4.69) is 20.4 Å². The van der Waals surface area contributed by atoms with E-state index in [0.29, 0.717) is 46.0 Å². The van der Waals surface area contributed by atoms with Gasteiger partial charge in [-0.25, -0.2) is 23.2 Å². The molecule has 1 aliphatic heterocycles. The highest BCUT2D eigenvalue weighted by Crippen LogP contribution is 2.28. The molecule has 1 unspecified atom stereocenters. The number of aromatic nitrogens is 4. The SMILES string of the molecule is O=C(Nc1ccc(F)c(-n2cc3cc(-c4ncccc4Cl)cnc3n2)c1)N1CCC(F)C1. The molecule has 1 N–H and O–H groups in total. The van der Waals surface area contributed by atoms with E-state index in [1.165, 1.54) is 27.8 Å². The predicted octanol–water partition coefficient (Wildman–Crippen LogP) is 4.85. The number of pyridine rings is 2. The largest absolute Gasteiger partial charge is 0.322 e. The van der Waals surface area contributed by atoms with Crippen molar-refractivity contribution in [1.82, 2.24) is 24.6 Å². The average Bonchev–Trinajstić information content (AvgIpc) is 3.41. The summed E-state index contributed by atoms with van der Waals surface area (Å²) in [6, 6.07) is 9.04. The van der Waals surface area contributed by atoms with Gasteiger partial charge in [-0.2, -0.15) is 0 Å². The molecule has 0 aliphatic carbocycles. The molecule has 162 valence electrons. The Morgan fingerprint density at radius 1 is 1.22 bits per heavy atom. The van der Waals surface area contributed by atoms with Crippen molar-refractivity contribution in [2.45, 2.75) is 12.6 Å². The van der Waals surface area contributed by atoms with Gasteiger partial charge in [0.15, 0.2) is 5.65 Å². The van der Waals surface area contributed by atoms with E-state index in [1.807, 2.05) is 6.07 Å². The number of anilines is 1. The molecule has 0 radical (unpaired) electrons. The van der Waals surface area contributed by atoms with Crippen LogP contribution in [0, 0.1) is 5.82 Å². The van der Waals surface area contributed by atoms with Gasteiger partial charge in [0.05, 0.1) is 17.3 Å². The van der Waals surface area contributed by atoms with Crippen LogP contribution in [0.4, 0.5) is 19.3 Å². The van der Waals surface area contributed by atoms with Crippen LogP contribution in [-0.2, 0) is 0 Å². The van der Waals surface area contributed by atoms with Gasteiger partial charge in [0.1, 0.15) is 17.7 Å². The smallest absolute Gasteiger partial charge is 0.321 e. The number of likely N-dealkylation sites (tertiary alicyclic amines) is 1. The molecule has 0 saturated carbocycles. The van der Waals surface area contributed by atoms with Crippen LogP contribution in [0.5, 0.6) is 0 Å². The molecule has 5 rings (SSSR count). The Labute approximate surface area is 186 Å². The number of alkyl halides is 1. The Morgan fingerprint density at radius 2 is 2.09 bits per heavy atom. The maximum absolute atomic E-state index is 14.6. The number of nitrogens with zero attached hydrogens (tertiary/aromatic N) is 5. The minimum atomic E-state index is -1.01. The number of halogens is 3. The Bertz CT molecular complexity index is 1330.